The Bertz CT molecular complexity index is 490. The van der Waals surface area contributed by atoms with E-state index in [1.807, 2.05) is 11.8 Å². The fourth-order valence-corrected chi connectivity index (χ4v) is 3.30. The molecule has 2 rings (SSSR count). The average molecular weight is 298 g/mol. The van der Waals surface area contributed by atoms with Crippen LogP contribution in [-0.2, 0) is 0 Å². The topological polar surface area (TPSA) is 73.6 Å². The van der Waals surface area contributed by atoms with Crippen molar-refractivity contribution in [1.29, 1.82) is 0 Å². The molecule has 0 amide bonds. The van der Waals surface area contributed by atoms with Crippen molar-refractivity contribution in [2.45, 2.75) is 18.9 Å². The number of benzene rings is 1. The van der Waals surface area contributed by atoms with Gasteiger partial charge in [0, 0.05) is 12.1 Å². The highest BCUT2D eigenvalue weighted by Gasteiger charge is 2.22. The van der Waals surface area contributed by atoms with Gasteiger partial charge in [-0.1, -0.05) is 0 Å². The van der Waals surface area contributed by atoms with Crippen LogP contribution in [0.4, 0.5) is 11.4 Å². The minimum absolute atomic E-state index is 0.0147. The molecular formula is C13H18N2O4S. The number of hydrogen-bond donors (Lipinski definition) is 1. The van der Waals surface area contributed by atoms with Gasteiger partial charge in [0.25, 0.3) is 5.69 Å². The Morgan fingerprint density at radius 1 is 1.25 bits per heavy atom. The first-order valence-corrected chi connectivity index (χ1v) is 7.56. The Morgan fingerprint density at radius 3 is 2.40 bits per heavy atom. The first kappa shape index (κ1) is 14.8. The number of nitrogens with one attached hydrogen (secondary N) is 1. The van der Waals surface area contributed by atoms with E-state index in [1.54, 1.807) is 6.07 Å². The highest BCUT2D eigenvalue weighted by molar-refractivity contribution is 7.99. The molecule has 1 fully saturated rings. The van der Waals surface area contributed by atoms with Crippen molar-refractivity contribution in [3.63, 3.8) is 0 Å². The third-order valence-electron chi connectivity index (χ3n) is 3.28. The fourth-order valence-electron chi connectivity index (χ4n) is 2.20. The summed E-state index contributed by atoms with van der Waals surface area (Å²) in [6.45, 7) is 0. The SMILES string of the molecule is COc1cc(NC2CCSCC2)c([N+](=O)[O-])cc1OC. The van der Waals surface area contributed by atoms with Crippen LogP contribution in [0.1, 0.15) is 12.8 Å². The summed E-state index contributed by atoms with van der Waals surface area (Å²) in [5.74, 6) is 3.02. The van der Waals surface area contributed by atoms with Crippen molar-refractivity contribution in [2.75, 3.05) is 31.0 Å². The summed E-state index contributed by atoms with van der Waals surface area (Å²) in [7, 11) is 2.98. The van der Waals surface area contributed by atoms with Crippen LogP contribution in [-0.4, -0.2) is 36.7 Å². The van der Waals surface area contributed by atoms with Gasteiger partial charge in [0.2, 0.25) is 0 Å². The van der Waals surface area contributed by atoms with E-state index >= 15 is 0 Å². The lowest BCUT2D eigenvalue weighted by Gasteiger charge is -2.23. The number of nitro benzene ring substituents is 1. The number of ether oxygens (including phenoxy) is 2. The number of thioether (sulfide) groups is 1. The van der Waals surface area contributed by atoms with Crippen molar-refractivity contribution >= 4 is 23.1 Å². The fraction of sp³-hybridized carbons (Fsp3) is 0.538. The second kappa shape index (κ2) is 6.69. The lowest BCUT2D eigenvalue weighted by molar-refractivity contribution is -0.384. The summed E-state index contributed by atoms with van der Waals surface area (Å²) in [5, 5.41) is 14.5. The molecule has 110 valence electrons. The van der Waals surface area contributed by atoms with Crippen molar-refractivity contribution in [1.82, 2.24) is 0 Å². The Kier molecular flexibility index (Phi) is 4.94. The van der Waals surface area contributed by atoms with E-state index in [4.69, 9.17) is 9.47 Å². The zero-order chi connectivity index (χ0) is 14.5. The second-order valence-corrected chi connectivity index (χ2v) is 5.74. The van der Waals surface area contributed by atoms with Crippen molar-refractivity contribution in [3.8, 4) is 11.5 Å². The molecule has 0 atom stereocenters. The third kappa shape index (κ3) is 3.27. The molecule has 0 spiro atoms. The second-order valence-electron chi connectivity index (χ2n) is 4.51. The zero-order valence-electron chi connectivity index (χ0n) is 11.5. The van der Waals surface area contributed by atoms with Gasteiger partial charge in [0.05, 0.1) is 25.2 Å². The molecule has 7 heteroatoms. The normalized spacial score (nSPS) is 15.7. The minimum atomic E-state index is -0.401. The number of methoxy groups -OCH3 is 2. The number of hydrogen-bond acceptors (Lipinski definition) is 6. The minimum Gasteiger partial charge on any atom is -0.493 e. The van der Waals surface area contributed by atoms with Crippen LogP contribution in [0.15, 0.2) is 12.1 Å². The molecule has 0 unspecified atom stereocenters. The highest BCUT2D eigenvalue weighted by Crippen LogP contribution is 2.38. The number of rotatable bonds is 5. The van der Waals surface area contributed by atoms with Crippen LogP contribution in [0.3, 0.4) is 0 Å². The first-order valence-electron chi connectivity index (χ1n) is 6.40. The molecule has 1 aromatic carbocycles. The van der Waals surface area contributed by atoms with Crippen LogP contribution in [0.25, 0.3) is 0 Å². The molecule has 1 saturated heterocycles. The van der Waals surface area contributed by atoms with Gasteiger partial charge in [-0.2, -0.15) is 11.8 Å². The Hall–Kier alpha value is -1.63. The van der Waals surface area contributed by atoms with E-state index in [1.165, 1.54) is 20.3 Å². The number of nitrogens with zero attached hydrogens (tertiary/aromatic N) is 1. The van der Waals surface area contributed by atoms with Gasteiger partial charge in [-0.15, -0.1) is 0 Å². The van der Waals surface area contributed by atoms with Crippen LogP contribution in [0.5, 0.6) is 11.5 Å². The van der Waals surface area contributed by atoms with Crippen LogP contribution in [0.2, 0.25) is 0 Å². The Morgan fingerprint density at radius 2 is 1.85 bits per heavy atom. The van der Waals surface area contributed by atoms with Gasteiger partial charge < -0.3 is 14.8 Å². The van der Waals surface area contributed by atoms with Crippen molar-refractivity contribution in [3.05, 3.63) is 22.2 Å². The quantitative estimate of drug-likeness (QED) is 0.665. The van der Waals surface area contributed by atoms with Gasteiger partial charge in [0.1, 0.15) is 5.69 Å². The van der Waals surface area contributed by atoms with Gasteiger partial charge in [-0.05, 0) is 24.3 Å². The van der Waals surface area contributed by atoms with Crippen molar-refractivity contribution in [2.24, 2.45) is 0 Å². The number of nitro groups is 1. The predicted octanol–water partition coefficient (Wildman–Crippen LogP) is 2.92. The Labute approximate surface area is 122 Å². The molecular weight excluding hydrogens is 280 g/mol. The third-order valence-corrected chi connectivity index (χ3v) is 4.33. The molecule has 20 heavy (non-hydrogen) atoms. The molecule has 0 aliphatic carbocycles. The standard InChI is InChI=1S/C13H18N2O4S/c1-18-12-7-10(14-9-3-5-20-6-4-9)11(15(16)17)8-13(12)19-2/h7-9,14H,3-6H2,1-2H3. The maximum atomic E-state index is 11.2. The van der Waals surface area contributed by atoms with E-state index in [0.29, 0.717) is 17.2 Å². The van der Waals surface area contributed by atoms with E-state index < -0.39 is 4.92 Å². The molecule has 6 nitrogen and oxygen atoms in total. The molecule has 0 bridgehead atoms. The predicted molar refractivity (Wildman–Crippen MR) is 80.2 cm³/mol. The van der Waals surface area contributed by atoms with E-state index in [-0.39, 0.29) is 11.7 Å². The monoisotopic (exact) mass is 298 g/mol. The lowest BCUT2D eigenvalue weighted by atomic mass is 10.1. The molecule has 1 heterocycles. The summed E-state index contributed by atoms with van der Waals surface area (Å²) in [6, 6.07) is 3.31. The molecule has 1 aromatic rings. The van der Waals surface area contributed by atoms with E-state index in [2.05, 4.69) is 5.32 Å². The summed E-state index contributed by atoms with van der Waals surface area (Å²) in [5.41, 5.74) is 0.505. The van der Waals surface area contributed by atoms with Crippen molar-refractivity contribution < 1.29 is 14.4 Å². The zero-order valence-corrected chi connectivity index (χ0v) is 12.4. The van der Waals surface area contributed by atoms with Crippen LogP contribution < -0.4 is 14.8 Å². The summed E-state index contributed by atoms with van der Waals surface area (Å²) < 4.78 is 10.3. The summed E-state index contributed by atoms with van der Waals surface area (Å²) >= 11 is 1.91. The summed E-state index contributed by atoms with van der Waals surface area (Å²) in [4.78, 5) is 10.8. The van der Waals surface area contributed by atoms with E-state index in [0.717, 1.165) is 24.3 Å². The van der Waals surface area contributed by atoms with Gasteiger partial charge >= 0.3 is 0 Å². The van der Waals surface area contributed by atoms with E-state index in [9.17, 15) is 10.1 Å². The summed E-state index contributed by atoms with van der Waals surface area (Å²) in [6.07, 6.45) is 2.02. The Balaban J connectivity index is 2.30. The van der Waals surface area contributed by atoms with Crippen LogP contribution in [0, 0.1) is 10.1 Å². The highest BCUT2D eigenvalue weighted by atomic mass is 32.2. The maximum absolute atomic E-state index is 11.2. The molecule has 0 saturated carbocycles. The van der Waals surface area contributed by atoms with Gasteiger partial charge in [-0.3, -0.25) is 10.1 Å². The van der Waals surface area contributed by atoms with Gasteiger partial charge in [0.15, 0.2) is 11.5 Å². The number of anilines is 1. The molecule has 1 N–H and O–H groups in total. The molecule has 1 aliphatic rings. The maximum Gasteiger partial charge on any atom is 0.296 e. The molecule has 0 radical (unpaired) electrons. The lowest BCUT2D eigenvalue weighted by Crippen LogP contribution is -2.24. The largest absolute Gasteiger partial charge is 0.493 e. The first-order chi connectivity index (χ1) is 9.65. The van der Waals surface area contributed by atoms with Gasteiger partial charge in [-0.25, -0.2) is 0 Å². The molecule has 0 aromatic heterocycles. The molecule has 1 aliphatic heterocycles. The smallest absolute Gasteiger partial charge is 0.296 e. The van der Waals surface area contributed by atoms with Crippen LogP contribution >= 0.6 is 11.8 Å². The average Bonchev–Trinajstić information content (AvgIpc) is 2.47.